The number of aliphatic carboxylic acids is 2. The maximum atomic E-state index is 12.0. The Hall–Kier alpha value is -7.02. The van der Waals surface area contributed by atoms with Crippen molar-refractivity contribution in [2.75, 3.05) is 7.05 Å². The lowest BCUT2D eigenvalue weighted by atomic mass is 9.92. The summed E-state index contributed by atoms with van der Waals surface area (Å²) in [6.07, 6.45) is 8.22. The van der Waals surface area contributed by atoms with Crippen LogP contribution in [0.4, 0.5) is 0 Å². The van der Waals surface area contributed by atoms with Crippen LogP contribution in [0.1, 0.15) is 83.3 Å². The average molecular weight is 1000 g/mol. The number of hydrogen-bond acceptors (Lipinski definition) is 12. The highest BCUT2D eigenvalue weighted by atomic mass is 35.5. The average Bonchev–Trinajstić information content (AvgIpc) is 3.33. The SMILES string of the molecule is CN=Cc1cncc(COc2cc(OCc3cccc(-c4cccc(COc5cc(OCc6cncc(C#N)c6)c(CNC(C(=O)O)C(C)C)cc5Cl)c4C)c3C)c(Cl)cc2CNC(C(=O)O)C(C)C)c1. The van der Waals surface area contributed by atoms with Crippen molar-refractivity contribution in [2.45, 2.75) is 93.1 Å². The third-order valence-corrected chi connectivity index (χ3v) is 12.5. The molecule has 0 aliphatic carbocycles. The molecule has 4 N–H and O–H groups in total. The van der Waals surface area contributed by atoms with Crippen LogP contribution in [0.15, 0.2) is 103 Å². The number of carboxylic acid groups (broad SMARTS) is 2. The Balaban J connectivity index is 1.21. The van der Waals surface area contributed by atoms with Crippen molar-refractivity contribution in [2.24, 2.45) is 16.8 Å². The van der Waals surface area contributed by atoms with E-state index >= 15 is 0 Å². The monoisotopic (exact) mass is 1000 g/mol. The van der Waals surface area contributed by atoms with Crippen LogP contribution in [0.25, 0.3) is 11.1 Å². The van der Waals surface area contributed by atoms with Gasteiger partial charge in [-0.25, -0.2) is 0 Å². The molecular formula is C55H58Cl2N6O8. The minimum atomic E-state index is -0.964. The van der Waals surface area contributed by atoms with E-state index in [2.05, 4.69) is 43.8 Å². The minimum Gasteiger partial charge on any atom is -0.488 e. The van der Waals surface area contributed by atoms with Crippen molar-refractivity contribution < 1.29 is 38.7 Å². The summed E-state index contributed by atoms with van der Waals surface area (Å²) >= 11 is 13.7. The lowest BCUT2D eigenvalue weighted by Crippen LogP contribution is -2.40. The molecule has 0 aliphatic rings. The molecule has 0 saturated carbocycles. The van der Waals surface area contributed by atoms with Gasteiger partial charge in [-0.2, -0.15) is 5.26 Å². The molecule has 6 rings (SSSR count). The molecule has 14 nitrogen and oxygen atoms in total. The number of aromatic nitrogens is 2. The first-order chi connectivity index (χ1) is 34.1. The largest absolute Gasteiger partial charge is 0.488 e. The van der Waals surface area contributed by atoms with Crippen LogP contribution < -0.4 is 29.6 Å². The van der Waals surface area contributed by atoms with E-state index in [1.165, 1.54) is 6.20 Å². The summed E-state index contributed by atoms with van der Waals surface area (Å²) in [5.41, 5.74) is 9.90. The number of nitrogens with zero attached hydrogens (tertiary/aromatic N) is 4. The van der Waals surface area contributed by atoms with Crippen molar-refractivity contribution in [3.05, 3.63) is 163 Å². The number of ether oxygens (including phenoxy) is 4. The van der Waals surface area contributed by atoms with Gasteiger partial charge in [-0.05, 0) is 83.3 Å². The van der Waals surface area contributed by atoms with Gasteiger partial charge < -0.3 is 29.2 Å². The van der Waals surface area contributed by atoms with E-state index in [1.54, 1.807) is 62.2 Å². The van der Waals surface area contributed by atoms with Gasteiger partial charge in [0.25, 0.3) is 0 Å². The molecule has 2 aromatic heterocycles. The third-order valence-electron chi connectivity index (χ3n) is 11.9. The Morgan fingerprint density at radius 3 is 1.54 bits per heavy atom. The molecule has 0 fully saturated rings. The standard InChI is InChI=1S/C55H58Cl2N6O8/c1-32(2)52(54(64)65)62-26-42-16-46(56)50(18-48(42)68-28-38-14-36(20-58)22-60-24-38)70-30-40-10-8-12-44(34(40)5)45-13-9-11-41(35(45)6)31-71-51-19-49(69-29-39-15-37(21-59-7)23-61-25-39)43(17-47(51)57)27-63-53(33(3)4)55(66)67/h8-19,21-25,32-33,52-53,62-63H,26-31H2,1-7H3,(H,64,65)(H,66,67). The third kappa shape index (κ3) is 14.3. The molecule has 2 atom stereocenters. The molecule has 2 heterocycles. The summed E-state index contributed by atoms with van der Waals surface area (Å²) in [5, 5.41) is 35.9. The molecule has 71 heavy (non-hydrogen) atoms. The van der Waals surface area contributed by atoms with Crippen molar-refractivity contribution in [1.29, 1.82) is 5.26 Å². The Morgan fingerprint density at radius 1 is 0.648 bits per heavy atom. The molecule has 370 valence electrons. The summed E-state index contributed by atoms with van der Waals surface area (Å²) in [4.78, 5) is 36.5. The second-order valence-corrected chi connectivity index (χ2v) is 18.5. The second-order valence-electron chi connectivity index (χ2n) is 17.7. The Kier molecular flexibility index (Phi) is 18.9. The van der Waals surface area contributed by atoms with Crippen LogP contribution in [0, 0.1) is 37.0 Å². The van der Waals surface area contributed by atoms with Crippen LogP contribution in [0.5, 0.6) is 23.0 Å². The number of halogens is 2. The van der Waals surface area contributed by atoms with Crippen LogP contribution in [-0.4, -0.2) is 57.5 Å². The van der Waals surface area contributed by atoms with Crippen LogP contribution in [-0.2, 0) is 49.1 Å². The van der Waals surface area contributed by atoms with Gasteiger partial charge in [-0.1, -0.05) is 87.3 Å². The molecule has 0 spiro atoms. The number of nitrogens with one attached hydrogen (secondary N) is 2. The first-order valence-corrected chi connectivity index (χ1v) is 23.8. The molecule has 2 unspecified atom stereocenters. The van der Waals surface area contributed by atoms with Crippen molar-refractivity contribution in [1.82, 2.24) is 20.6 Å². The van der Waals surface area contributed by atoms with Crippen LogP contribution >= 0.6 is 23.2 Å². The smallest absolute Gasteiger partial charge is 0.320 e. The Morgan fingerprint density at radius 2 is 1.10 bits per heavy atom. The molecule has 4 aromatic carbocycles. The first-order valence-electron chi connectivity index (χ1n) is 23.0. The molecule has 6 aromatic rings. The van der Waals surface area contributed by atoms with Gasteiger partial charge in [0.15, 0.2) is 0 Å². The fourth-order valence-electron chi connectivity index (χ4n) is 7.90. The molecule has 0 radical (unpaired) electrons. The Bertz CT molecular complexity index is 2920. The Labute approximate surface area is 424 Å². The maximum Gasteiger partial charge on any atom is 0.320 e. The highest BCUT2D eigenvalue weighted by Crippen LogP contribution is 2.38. The van der Waals surface area contributed by atoms with Gasteiger partial charge in [0.2, 0.25) is 0 Å². The van der Waals surface area contributed by atoms with Gasteiger partial charge in [-0.15, -0.1) is 0 Å². The number of pyridine rings is 2. The van der Waals surface area contributed by atoms with Crippen LogP contribution in [0.2, 0.25) is 10.0 Å². The number of benzene rings is 4. The predicted octanol–water partition coefficient (Wildman–Crippen LogP) is 10.7. The van der Waals surface area contributed by atoms with Crippen LogP contribution in [0.3, 0.4) is 0 Å². The summed E-state index contributed by atoms with van der Waals surface area (Å²) in [5.74, 6) is -0.564. The number of hydrogen-bond donors (Lipinski definition) is 4. The van der Waals surface area contributed by atoms with E-state index < -0.39 is 24.0 Å². The highest BCUT2D eigenvalue weighted by molar-refractivity contribution is 6.32. The van der Waals surface area contributed by atoms with E-state index in [4.69, 9.17) is 42.1 Å². The van der Waals surface area contributed by atoms with E-state index in [9.17, 15) is 25.1 Å². The van der Waals surface area contributed by atoms with Gasteiger partial charge in [0, 0.05) is 91.1 Å². The minimum absolute atomic E-state index is 0.0960. The van der Waals surface area contributed by atoms with E-state index in [0.29, 0.717) is 55.3 Å². The molecule has 16 heteroatoms. The maximum absolute atomic E-state index is 12.0. The summed E-state index contributed by atoms with van der Waals surface area (Å²) in [6, 6.07) is 23.1. The molecule has 0 bridgehead atoms. The summed E-state index contributed by atoms with van der Waals surface area (Å²) in [6.45, 7) is 12.4. The van der Waals surface area contributed by atoms with Gasteiger partial charge in [-0.3, -0.25) is 35.2 Å². The van der Waals surface area contributed by atoms with Gasteiger partial charge >= 0.3 is 11.9 Å². The second kappa shape index (κ2) is 25.2. The number of carbonyl (C=O) groups is 2. The number of nitriles is 1. The van der Waals surface area contributed by atoms with Crippen molar-refractivity contribution in [3.8, 4) is 40.2 Å². The molecule has 0 saturated heterocycles. The molecular weight excluding hydrogens is 944 g/mol. The normalized spacial score (nSPS) is 12.2. The van der Waals surface area contributed by atoms with Crippen molar-refractivity contribution >= 4 is 41.4 Å². The lowest BCUT2D eigenvalue weighted by molar-refractivity contribution is -0.141. The van der Waals surface area contributed by atoms with Gasteiger partial charge in [0.1, 0.15) is 67.6 Å². The predicted molar refractivity (Wildman–Crippen MR) is 274 cm³/mol. The topological polar surface area (TPSA) is 198 Å². The van der Waals surface area contributed by atoms with Gasteiger partial charge in [0.05, 0.1) is 15.6 Å². The summed E-state index contributed by atoms with van der Waals surface area (Å²) < 4.78 is 25.4. The van der Waals surface area contributed by atoms with Crippen molar-refractivity contribution in [3.63, 3.8) is 0 Å². The number of aliphatic imine (C=N–C) groups is 1. The zero-order valence-electron chi connectivity index (χ0n) is 40.8. The quantitative estimate of drug-likeness (QED) is 0.0418. The number of carboxylic acids is 2. The fraction of sp³-hybridized carbons (Fsp3) is 0.309. The molecule has 0 aliphatic heterocycles. The zero-order valence-corrected chi connectivity index (χ0v) is 42.3. The zero-order chi connectivity index (χ0) is 51.2. The fourth-order valence-corrected chi connectivity index (χ4v) is 8.39. The van der Waals surface area contributed by atoms with E-state index in [-0.39, 0.29) is 51.4 Å². The number of rotatable bonds is 24. The van der Waals surface area contributed by atoms with E-state index in [1.807, 2.05) is 71.9 Å². The summed E-state index contributed by atoms with van der Waals surface area (Å²) in [7, 11) is 1.69. The first kappa shape index (κ1) is 53.3. The highest BCUT2D eigenvalue weighted by Gasteiger charge is 2.24. The lowest BCUT2D eigenvalue weighted by Gasteiger charge is -2.21. The van der Waals surface area contributed by atoms with E-state index in [0.717, 1.165) is 44.5 Å². The molecule has 0 amide bonds.